The third-order valence-corrected chi connectivity index (χ3v) is 3.37. The van der Waals surface area contributed by atoms with E-state index in [1.807, 2.05) is 0 Å². The van der Waals surface area contributed by atoms with Crippen LogP contribution in [0.25, 0.3) is 0 Å². The van der Waals surface area contributed by atoms with Crippen molar-refractivity contribution >= 4 is 0 Å². The molecule has 0 aromatic rings. The fourth-order valence-electron chi connectivity index (χ4n) is 2.19. The van der Waals surface area contributed by atoms with Crippen molar-refractivity contribution in [3.8, 4) is 0 Å². The lowest BCUT2D eigenvalue weighted by Gasteiger charge is -2.17. The minimum Gasteiger partial charge on any atom is -0.375 e. The molecule has 1 aliphatic carbocycles. The van der Waals surface area contributed by atoms with Crippen LogP contribution in [-0.4, -0.2) is 18.8 Å². The standard InChI is InChI=1S/C10H19NO/c1-8-2-3-9(12-8)6-10(7-11)4-5-10/h8-9H,2-7,11H2,1H3. The second kappa shape index (κ2) is 3.00. The van der Waals surface area contributed by atoms with Crippen molar-refractivity contribution in [2.24, 2.45) is 11.1 Å². The van der Waals surface area contributed by atoms with Crippen LogP contribution in [0.1, 0.15) is 39.0 Å². The number of hydrogen-bond donors (Lipinski definition) is 1. The molecule has 0 amide bonds. The highest BCUT2D eigenvalue weighted by Gasteiger charge is 2.44. The fourth-order valence-corrected chi connectivity index (χ4v) is 2.19. The quantitative estimate of drug-likeness (QED) is 0.697. The van der Waals surface area contributed by atoms with Gasteiger partial charge in [0.2, 0.25) is 0 Å². The highest BCUT2D eigenvalue weighted by atomic mass is 16.5. The zero-order chi connectivity index (χ0) is 8.60. The highest BCUT2D eigenvalue weighted by molar-refractivity contribution is 4.96. The molecule has 2 fully saturated rings. The zero-order valence-electron chi connectivity index (χ0n) is 7.88. The summed E-state index contributed by atoms with van der Waals surface area (Å²) in [5, 5.41) is 0. The summed E-state index contributed by atoms with van der Waals surface area (Å²) in [6.45, 7) is 3.03. The number of hydrogen-bond acceptors (Lipinski definition) is 2. The molecule has 2 heteroatoms. The maximum Gasteiger partial charge on any atom is 0.0585 e. The van der Waals surface area contributed by atoms with Crippen LogP contribution in [0.15, 0.2) is 0 Å². The van der Waals surface area contributed by atoms with Crippen molar-refractivity contribution in [1.82, 2.24) is 0 Å². The molecule has 2 nitrogen and oxygen atoms in total. The summed E-state index contributed by atoms with van der Waals surface area (Å²) >= 11 is 0. The molecule has 0 aromatic heterocycles. The van der Waals surface area contributed by atoms with Crippen LogP contribution in [-0.2, 0) is 4.74 Å². The number of nitrogens with two attached hydrogens (primary N) is 1. The maximum atomic E-state index is 5.78. The lowest BCUT2D eigenvalue weighted by molar-refractivity contribution is 0.0387. The first-order valence-electron chi connectivity index (χ1n) is 5.10. The summed E-state index contributed by atoms with van der Waals surface area (Å²) in [5.74, 6) is 0. The molecule has 70 valence electrons. The van der Waals surface area contributed by atoms with Crippen molar-refractivity contribution < 1.29 is 4.74 Å². The van der Waals surface area contributed by atoms with Crippen LogP contribution in [0.3, 0.4) is 0 Å². The molecular formula is C10H19NO. The first-order valence-corrected chi connectivity index (χ1v) is 5.10. The van der Waals surface area contributed by atoms with Crippen molar-refractivity contribution in [2.45, 2.75) is 51.2 Å². The minimum absolute atomic E-state index is 0.489. The molecule has 1 saturated heterocycles. The van der Waals surface area contributed by atoms with Gasteiger partial charge in [-0.25, -0.2) is 0 Å². The van der Waals surface area contributed by atoms with Gasteiger partial charge >= 0.3 is 0 Å². The van der Waals surface area contributed by atoms with Crippen molar-refractivity contribution in [3.05, 3.63) is 0 Å². The van der Waals surface area contributed by atoms with Crippen LogP contribution >= 0.6 is 0 Å². The average molecular weight is 169 g/mol. The molecule has 1 heterocycles. The van der Waals surface area contributed by atoms with Gasteiger partial charge in [-0.3, -0.25) is 0 Å². The molecule has 0 spiro atoms. The van der Waals surface area contributed by atoms with Crippen LogP contribution in [0.2, 0.25) is 0 Å². The molecule has 1 aliphatic heterocycles. The van der Waals surface area contributed by atoms with Crippen LogP contribution < -0.4 is 5.73 Å². The van der Waals surface area contributed by atoms with Crippen molar-refractivity contribution in [2.75, 3.05) is 6.54 Å². The zero-order valence-corrected chi connectivity index (χ0v) is 7.88. The summed E-state index contributed by atoms with van der Waals surface area (Å²) in [4.78, 5) is 0. The fraction of sp³-hybridized carbons (Fsp3) is 1.00. The Morgan fingerprint density at radius 3 is 2.58 bits per heavy atom. The van der Waals surface area contributed by atoms with E-state index in [1.165, 1.54) is 32.1 Å². The molecule has 0 radical (unpaired) electrons. The Morgan fingerprint density at radius 2 is 2.17 bits per heavy atom. The van der Waals surface area contributed by atoms with Gasteiger partial charge in [0.15, 0.2) is 0 Å². The monoisotopic (exact) mass is 169 g/mol. The van der Waals surface area contributed by atoms with Crippen molar-refractivity contribution in [1.29, 1.82) is 0 Å². The first kappa shape index (κ1) is 8.52. The van der Waals surface area contributed by atoms with E-state index in [0.29, 0.717) is 17.6 Å². The van der Waals surface area contributed by atoms with E-state index < -0.39 is 0 Å². The summed E-state index contributed by atoms with van der Waals surface area (Å²) in [7, 11) is 0. The van der Waals surface area contributed by atoms with Crippen LogP contribution in [0, 0.1) is 5.41 Å². The maximum absolute atomic E-state index is 5.78. The number of ether oxygens (including phenoxy) is 1. The minimum atomic E-state index is 0.489. The number of rotatable bonds is 3. The highest BCUT2D eigenvalue weighted by Crippen LogP contribution is 2.50. The molecule has 2 rings (SSSR count). The van der Waals surface area contributed by atoms with Gasteiger partial charge in [0.25, 0.3) is 0 Å². The lowest BCUT2D eigenvalue weighted by atomic mass is 9.97. The van der Waals surface area contributed by atoms with Crippen LogP contribution in [0.4, 0.5) is 0 Å². The van der Waals surface area contributed by atoms with Gasteiger partial charge in [-0.1, -0.05) is 0 Å². The smallest absolute Gasteiger partial charge is 0.0585 e. The van der Waals surface area contributed by atoms with Gasteiger partial charge in [0.1, 0.15) is 0 Å². The summed E-state index contributed by atoms with van der Waals surface area (Å²) in [6, 6.07) is 0. The molecule has 0 aromatic carbocycles. The molecule has 1 saturated carbocycles. The largest absolute Gasteiger partial charge is 0.375 e. The second-order valence-electron chi connectivity index (χ2n) is 4.55. The Hall–Kier alpha value is -0.0800. The van der Waals surface area contributed by atoms with Crippen LogP contribution in [0.5, 0.6) is 0 Å². The van der Waals surface area contributed by atoms with Gasteiger partial charge in [0.05, 0.1) is 12.2 Å². The third-order valence-electron chi connectivity index (χ3n) is 3.37. The summed E-state index contributed by atoms with van der Waals surface area (Å²) in [6.07, 6.45) is 7.38. The SMILES string of the molecule is CC1CCC(CC2(CN)CC2)O1. The second-order valence-corrected chi connectivity index (χ2v) is 4.55. The third kappa shape index (κ3) is 1.64. The van der Waals surface area contributed by atoms with E-state index in [9.17, 15) is 0 Å². The molecule has 12 heavy (non-hydrogen) atoms. The predicted octanol–water partition coefficient (Wildman–Crippen LogP) is 1.68. The van der Waals surface area contributed by atoms with E-state index in [2.05, 4.69) is 6.92 Å². The average Bonchev–Trinajstić information content (AvgIpc) is 2.71. The normalized spacial score (nSPS) is 38.5. The molecule has 2 unspecified atom stereocenters. The van der Waals surface area contributed by atoms with E-state index in [-0.39, 0.29) is 0 Å². The molecule has 2 atom stereocenters. The Balaban J connectivity index is 1.80. The Bertz CT molecular complexity index is 165. The van der Waals surface area contributed by atoms with Gasteiger partial charge in [-0.05, 0) is 51.0 Å². The van der Waals surface area contributed by atoms with Gasteiger partial charge in [-0.15, -0.1) is 0 Å². The van der Waals surface area contributed by atoms with Gasteiger partial charge in [0, 0.05) is 0 Å². The molecular weight excluding hydrogens is 150 g/mol. The molecule has 2 N–H and O–H groups in total. The van der Waals surface area contributed by atoms with E-state index >= 15 is 0 Å². The Kier molecular flexibility index (Phi) is 2.13. The topological polar surface area (TPSA) is 35.2 Å². The summed E-state index contributed by atoms with van der Waals surface area (Å²) in [5.41, 5.74) is 6.22. The molecule has 2 aliphatic rings. The van der Waals surface area contributed by atoms with Gasteiger partial charge in [-0.2, -0.15) is 0 Å². The van der Waals surface area contributed by atoms with Gasteiger partial charge < -0.3 is 10.5 Å². The lowest BCUT2D eigenvalue weighted by Crippen LogP contribution is -2.22. The van der Waals surface area contributed by atoms with E-state index in [1.54, 1.807) is 0 Å². The Morgan fingerprint density at radius 1 is 1.42 bits per heavy atom. The van der Waals surface area contributed by atoms with E-state index in [4.69, 9.17) is 10.5 Å². The van der Waals surface area contributed by atoms with Crippen molar-refractivity contribution in [3.63, 3.8) is 0 Å². The first-order chi connectivity index (χ1) is 5.74. The predicted molar refractivity (Wildman–Crippen MR) is 48.9 cm³/mol. The van der Waals surface area contributed by atoms with E-state index in [0.717, 1.165) is 6.54 Å². The molecule has 0 bridgehead atoms. The Labute approximate surface area is 74.5 Å². The summed E-state index contributed by atoms with van der Waals surface area (Å²) < 4.78 is 5.78.